The highest BCUT2D eigenvalue weighted by Crippen LogP contribution is 2.16. The third-order valence-corrected chi connectivity index (χ3v) is 2.41. The average molecular weight is 194 g/mol. The Morgan fingerprint density at radius 2 is 2.07 bits per heavy atom. The molecule has 0 atom stereocenters. The summed E-state index contributed by atoms with van der Waals surface area (Å²) in [5, 5.41) is 18.3. The zero-order chi connectivity index (χ0) is 10.6. The lowest BCUT2D eigenvalue weighted by molar-refractivity contribution is 0.0987. The lowest BCUT2D eigenvalue weighted by atomic mass is 10.1. The first-order valence-corrected chi connectivity index (χ1v) is 5.18. The van der Waals surface area contributed by atoms with Gasteiger partial charge in [-0.05, 0) is 24.8 Å². The van der Waals surface area contributed by atoms with Crippen molar-refractivity contribution in [2.24, 2.45) is 5.92 Å². The molecule has 0 aromatic heterocycles. The van der Waals surface area contributed by atoms with Crippen LogP contribution in [0.5, 0.6) is 0 Å². The smallest absolute Gasteiger partial charge is 0.117 e. The molecule has 1 rings (SSSR count). The fraction of sp³-hybridized carbons (Fsp3) is 0.727. The molecular weight excluding hydrogens is 176 g/mol. The Labute approximate surface area is 85.6 Å². The summed E-state index contributed by atoms with van der Waals surface area (Å²) in [4.78, 5) is 2.06. The number of hydrogen-bond acceptors (Lipinski definition) is 3. The first-order chi connectivity index (χ1) is 6.63. The Morgan fingerprint density at radius 1 is 1.50 bits per heavy atom. The lowest BCUT2D eigenvalue weighted by Gasteiger charge is -2.30. The van der Waals surface area contributed by atoms with Gasteiger partial charge in [0.1, 0.15) is 11.8 Å². The van der Waals surface area contributed by atoms with Gasteiger partial charge in [-0.3, -0.25) is 0 Å². The van der Waals surface area contributed by atoms with Gasteiger partial charge >= 0.3 is 0 Å². The van der Waals surface area contributed by atoms with Crippen LogP contribution in [0.2, 0.25) is 0 Å². The molecule has 0 amide bonds. The van der Waals surface area contributed by atoms with Gasteiger partial charge < -0.3 is 10.0 Å². The first-order valence-electron chi connectivity index (χ1n) is 5.18. The van der Waals surface area contributed by atoms with Gasteiger partial charge in [0.2, 0.25) is 0 Å². The van der Waals surface area contributed by atoms with Gasteiger partial charge in [-0.15, -0.1) is 0 Å². The van der Waals surface area contributed by atoms with Crippen molar-refractivity contribution < 1.29 is 5.11 Å². The Bertz CT molecular complexity index is 245. The van der Waals surface area contributed by atoms with Crippen molar-refractivity contribution in [3.05, 3.63) is 11.8 Å². The Morgan fingerprint density at radius 3 is 2.50 bits per heavy atom. The van der Waals surface area contributed by atoms with E-state index < -0.39 is 0 Å². The van der Waals surface area contributed by atoms with Gasteiger partial charge in [-0.2, -0.15) is 5.26 Å². The van der Waals surface area contributed by atoms with E-state index in [-0.39, 0.29) is 6.10 Å². The van der Waals surface area contributed by atoms with E-state index in [9.17, 15) is 5.11 Å². The number of likely N-dealkylation sites (tertiary alicyclic amines) is 1. The molecule has 3 nitrogen and oxygen atoms in total. The molecule has 1 fully saturated rings. The van der Waals surface area contributed by atoms with E-state index >= 15 is 0 Å². The second-order valence-corrected chi connectivity index (χ2v) is 4.13. The van der Waals surface area contributed by atoms with Gasteiger partial charge in [-0.1, -0.05) is 13.8 Å². The highest BCUT2D eigenvalue weighted by Gasteiger charge is 2.18. The monoisotopic (exact) mass is 194 g/mol. The fourth-order valence-corrected chi connectivity index (χ4v) is 1.64. The second-order valence-electron chi connectivity index (χ2n) is 4.13. The quantitative estimate of drug-likeness (QED) is 0.678. The van der Waals surface area contributed by atoms with E-state index in [0.29, 0.717) is 5.92 Å². The molecule has 1 N–H and O–H groups in total. The predicted octanol–water partition coefficient (Wildman–Crippen LogP) is 1.51. The molecule has 0 bridgehead atoms. The van der Waals surface area contributed by atoms with Gasteiger partial charge in [0.25, 0.3) is 0 Å². The lowest BCUT2D eigenvalue weighted by Crippen LogP contribution is -2.35. The molecule has 14 heavy (non-hydrogen) atoms. The van der Waals surface area contributed by atoms with Crippen molar-refractivity contribution in [1.82, 2.24) is 4.90 Å². The number of aliphatic hydroxyl groups excluding tert-OH is 1. The highest BCUT2D eigenvalue weighted by atomic mass is 16.3. The van der Waals surface area contributed by atoms with E-state index in [0.717, 1.165) is 31.6 Å². The summed E-state index contributed by atoms with van der Waals surface area (Å²) in [5.74, 6) is 0.400. The number of aliphatic hydroxyl groups is 1. The minimum Gasteiger partial charge on any atom is -0.393 e. The number of piperidine rings is 1. The summed E-state index contributed by atoms with van der Waals surface area (Å²) < 4.78 is 0. The zero-order valence-corrected chi connectivity index (χ0v) is 8.90. The molecule has 1 heterocycles. The number of rotatable bonds is 2. The van der Waals surface area contributed by atoms with Crippen LogP contribution in [0.1, 0.15) is 26.7 Å². The number of nitriles is 1. The highest BCUT2D eigenvalue weighted by molar-refractivity contribution is 5.20. The van der Waals surface area contributed by atoms with Crippen molar-refractivity contribution in [2.45, 2.75) is 32.8 Å². The molecular formula is C11H18N2O. The standard InChI is InChI=1S/C11H18N2O/c1-9(2)7-10(8-12)13-5-3-11(14)4-6-13/h7,9,11,14H,3-6H2,1-2H3/b10-7-. The maximum atomic E-state index is 9.33. The molecule has 0 aliphatic carbocycles. The topological polar surface area (TPSA) is 47.3 Å². The number of hydrogen-bond donors (Lipinski definition) is 1. The average Bonchev–Trinajstić information content (AvgIpc) is 2.15. The van der Waals surface area contributed by atoms with Crippen molar-refractivity contribution in [1.29, 1.82) is 5.26 Å². The molecule has 0 aromatic rings. The minimum absolute atomic E-state index is 0.176. The van der Waals surface area contributed by atoms with Crippen LogP contribution in [-0.2, 0) is 0 Å². The molecule has 1 saturated heterocycles. The Hall–Kier alpha value is -1.01. The molecule has 1 aliphatic rings. The van der Waals surface area contributed by atoms with Crippen LogP contribution in [0, 0.1) is 17.2 Å². The normalized spacial score (nSPS) is 19.9. The summed E-state index contributed by atoms with van der Waals surface area (Å²) in [7, 11) is 0. The third-order valence-electron chi connectivity index (χ3n) is 2.41. The fourth-order valence-electron chi connectivity index (χ4n) is 1.64. The predicted molar refractivity (Wildman–Crippen MR) is 55.3 cm³/mol. The van der Waals surface area contributed by atoms with E-state index in [1.54, 1.807) is 0 Å². The Kier molecular flexibility index (Phi) is 3.97. The van der Waals surface area contributed by atoms with Crippen LogP contribution in [0.3, 0.4) is 0 Å². The van der Waals surface area contributed by atoms with Gasteiger partial charge in [0.05, 0.1) is 6.10 Å². The van der Waals surface area contributed by atoms with Crippen LogP contribution in [0.4, 0.5) is 0 Å². The first kappa shape index (κ1) is 11.1. The molecule has 1 aliphatic heterocycles. The number of nitrogens with zero attached hydrogens (tertiary/aromatic N) is 2. The molecule has 3 heteroatoms. The summed E-state index contributed by atoms with van der Waals surface area (Å²) in [6.07, 6.45) is 3.36. The minimum atomic E-state index is -0.176. The van der Waals surface area contributed by atoms with Crippen molar-refractivity contribution in [3.63, 3.8) is 0 Å². The summed E-state index contributed by atoms with van der Waals surface area (Å²) >= 11 is 0. The van der Waals surface area contributed by atoms with Crippen molar-refractivity contribution in [3.8, 4) is 6.07 Å². The zero-order valence-electron chi connectivity index (χ0n) is 8.90. The van der Waals surface area contributed by atoms with Crippen LogP contribution >= 0.6 is 0 Å². The molecule has 78 valence electrons. The maximum absolute atomic E-state index is 9.33. The van der Waals surface area contributed by atoms with Crippen LogP contribution < -0.4 is 0 Å². The van der Waals surface area contributed by atoms with Crippen LogP contribution in [0.15, 0.2) is 11.8 Å². The molecule has 0 radical (unpaired) electrons. The van der Waals surface area contributed by atoms with Crippen LogP contribution in [-0.4, -0.2) is 29.2 Å². The molecule has 0 spiro atoms. The maximum Gasteiger partial charge on any atom is 0.117 e. The van der Waals surface area contributed by atoms with Gasteiger partial charge in [-0.25, -0.2) is 0 Å². The van der Waals surface area contributed by atoms with Crippen LogP contribution in [0.25, 0.3) is 0 Å². The van der Waals surface area contributed by atoms with E-state index in [2.05, 4.69) is 24.8 Å². The number of allylic oxidation sites excluding steroid dienone is 2. The van der Waals surface area contributed by atoms with E-state index in [4.69, 9.17) is 5.26 Å². The molecule has 0 saturated carbocycles. The third kappa shape index (κ3) is 3.04. The van der Waals surface area contributed by atoms with Crippen molar-refractivity contribution >= 4 is 0 Å². The van der Waals surface area contributed by atoms with Crippen molar-refractivity contribution in [2.75, 3.05) is 13.1 Å². The summed E-state index contributed by atoms with van der Waals surface area (Å²) in [5.41, 5.74) is 0.756. The van der Waals surface area contributed by atoms with E-state index in [1.807, 2.05) is 6.08 Å². The van der Waals surface area contributed by atoms with E-state index in [1.165, 1.54) is 0 Å². The summed E-state index contributed by atoms with van der Waals surface area (Å²) in [6.45, 7) is 5.73. The SMILES string of the molecule is CC(C)/C=C(/C#N)N1CCC(O)CC1. The summed E-state index contributed by atoms with van der Waals surface area (Å²) in [6, 6.07) is 2.22. The van der Waals surface area contributed by atoms with Gasteiger partial charge in [0.15, 0.2) is 0 Å². The molecule has 0 aromatic carbocycles. The molecule has 0 unspecified atom stereocenters. The largest absolute Gasteiger partial charge is 0.393 e. The van der Waals surface area contributed by atoms with Gasteiger partial charge in [0, 0.05) is 13.1 Å². The second kappa shape index (κ2) is 5.02. The Balaban J connectivity index is 2.59.